The number of rotatable bonds is 9. The van der Waals surface area contributed by atoms with Gasteiger partial charge in [0.25, 0.3) is 0 Å². The van der Waals surface area contributed by atoms with Gasteiger partial charge in [-0.2, -0.15) is 9.61 Å². The van der Waals surface area contributed by atoms with Crippen LogP contribution in [0.3, 0.4) is 0 Å². The fraction of sp³-hybridized carbons (Fsp3) is 0.500. The first-order valence-electron chi connectivity index (χ1n) is 7.95. The van der Waals surface area contributed by atoms with Crippen molar-refractivity contribution in [1.82, 2.24) is 19.5 Å². The van der Waals surface area contributed by atoms with Crippen LogP contribution in [0.25, 0.3) is 4.96 Å². The number of aromatic nitrogens is 3. The lowest BCUT2D eigenvalue weighted by Crippen LogP contribution is -2.34. The average molecular weight is 366 g/mol. The van der Waals surface area contributed by atoms with Gasteiger partial charge in [-0.1, -0.05) is 11.3 Å². The van der Waals surface area contributed by atoms with Crippen LogP contribution in [-0.2, 0) is 9.47 Å². The molecule has 0 radical (unpaired) electrons. The fourth-order valence-electron chi connectivity index (χ4n) is 2.73. The van der Waals surface area contributed by atoms with E-state index in [2.05, 4.69) is 15.0 Å². The van der Waals surface area contributed by atoms with Crippen molar-refractivity contribution in [1.29, 1.82) is 0 Å². The summed E-state index contributed by atoms with van der Waals surface area (Å²) in [6, 6.07) is 3.58. The molecule has 3 aromatic heterocycles. The highest BCUT2D eigenvalue weighted by atomic mass is 32.1. The number of thiazole rings is 1. The Bertz CT molecular complexity index is 804. The van der Waals surface area contributed by atoms with Gasteiger partial charge >= 0.3 is 0 Å². The van der Waals surface area contributed by atoms with Crippen molar-refractivity contribution in [3.05, 3.63) is 34.9 Å². The Morgan fingerprint density at radius 2 is 2.00 bits per heavy atom. The fourth-order valence-corrected chi connectivity index (χ4v) is 3.81. The van der Waals surface area contributed by atoms with Crippen molar-refractivity contribution >= 4 is 16.3 Å². The predicted octanol–water partition coefficient (Wildman–Crippen LogP) is 2.08. The Balaban J connectivity index is 2.03. The van der Waals surface area contributed by atoms with E-state index < -0.39 is 0 Å². The summed E-state index contributed by atoms with van der Waals surface area (Å²) < 4.78 is 17.8. The zero-order valence-electron chi connectivity index (χ0n) is 14.5. The number of aromatic hydroxyl groups is 1. The summed E-state index contributed by atoms with van der Waals surface area (Å²) in [6.45, 7) is 4.34. The molecule has 3 heterocycles. The Hall–Kier alpha value is -1.94. The Kier molecular flexibility index (Phi) is 5.69. The summed E-state index contributed by atoms with van der Waals surface area (Å²) in [6.07, 6.45) is 1.43. The number of nitrogens with zero attached hydrogens (tertiary/aromatic N) is 4. The van der Waals surface area contributed by atoms with E-state index in [1.165, 1.54) is 22.2 Å². The molecular formula is C16H22N4O4S. The van der Waals surface area contributed by atoms with E-state index in [0.717, 1.165) is 16.4 Å². The molecule has 0 aliphatic heterocycles. The minimum atomic E-state index is -0.271. The van der Waals surface area contributed by atoms with Gasteiger partial charge in [-0.15, -0.1) is 0 Å². The van der Waals surface area contributed by atoms with Gasteiger partial charge < -0.3 is 19.0 Å². The SMILES string of the molecule is COCCN(CCOC)C(c1ccc(C)o1)c1sc2ncnn2c1O. The maximum atomic E-state index is 10.7. The molecule has 3 aromatic rings. The van der Waals surface area contributed by atoms with E-state index in [1.807, 2.05) is 19.1 Å². The normalized spacial score (nSPS) is 13.1. The number of hydrogen-bond donors (Lipinski definition) is 1. The standard InChI is InChI=1S/C16H22N4O4S/c1-11-4-5-12(24-11)13(19(6-8-22-2)7-9-23-3)14-15(21)20-16(25-14)17-10-18-20/h4-5,10,13,21H,6-9H2,1-3H3. The van der Waals surface area contributed by atoms with Gasteiger partial charge in [0, 0.05) is 27.3 Å². The summed E-state index contributed by atoms with van der Waals surface area (Å²) >= 11 is 1.39. The van der Waals surface area contributed by atoms with Crippen LogP contribution in [0.1, 0.15) is 22.4 Å². The van der Waals surface area contributed by atoms with Crippen LogP contribution < -0.4 is 0 Å². The van der Waals surface area contributed by atoms with Crippen LogP contribution >= 0.6 is 11.3 Å². The molecule has 0 aromatic carbocycles. The van der Waals surface area contributed by atoms with Crippen LogP contribution in [0.4, 0.5) is 0 Å². The molecule has 25 heavy (non-hydrogen) atoms. The van der Waals surface area contributed by atoms with Crippen molar-refractivity contribution in [3.8, 4) is 5.88 Å². The predicted molar refractivity (Wildman–Crippen MR) is 93.1 cm³/mol. The van der Waals surface area contributed by atoms with Crippen LogP contribution in [0.5, 0.6) is 5.88 Å². The molecule has 0 saturated carbocycles. The van der Waals surface area contributed by atoms with E-state index in [-0.39, 0.29) is 11.9 Å². The molecule has 136 valence electrons. The van der Waals surface area contributed by atoms with Gasteiger partial charge in [0.05, 0.1) is 18.1 Å². The molecule has 0 saturated heterocycles. The molecule has 0 aliphatic rings. The average Bonchev–Trinajstić information content (AvgIpc) is 3.30. The lowest BCUT2D eigenvalue weighted by atomic mass is 10.1. The van der Waals surface area contributed by atoms with Gasteiger partial charge in [0.2, 0.25) is 10.8 Å². The molecule has 1 unspecified atom stereocenters. The van der Waals surface area contributed by atoms with Crippen LogP contribution in [0, 0.1) is 6.92 Å². The van der Waals surface area contributed by atoms with Gasteiger partial charge in [-0.05, 0) is 19.1 Å². The molecule has 0 spiro atoms. The van der Waals surface area contributed by atoms with Crippen molar-refractivity contribution in [3.63, 3.8) is 0 Å². The third-order valence-corrected chi connectivity index (χ3v) is 5.03. The highest BCUT2D eigenvalue weighted by Crippen LogP contribution is 2.40. The second kappa shape index (κ2) is 7.96. The monoisotopic (exact) mass is 366 g/mol. The second-order valence-corrected chi connectivity index (χ2v) is 6.63. The summed E-state index contributed by atoms with van der Waals surface area (Å²) in [7, 11) is 3.34. The first-order chi connectivity index (χ1) is 12.2. The molecule has 0 amide bonds. The van der Waals surface area contributed by atoms with Gasteiger partial charge in [-0.25, -0.2) is 4.98 Å². The van der Waals surface area contributed by atoms with E-state index in [4.69, 9.17) is 13.9 Å². The van der Waals surface area contributed by atoms with Gasteiger partial charge in [-0.3, -0.25) is 4.90 Å². The van der Waals surface area contributed by atoms with Gasteiger partial charge in [0.15, 0.2) is 0 Å². The zero-order valence-corrected chi connectivity index (χ0v) is 15.3. The maximum Gasteiger partial charge on any atom is 0.230 e. The number of methoxy groups -OCH3 is 2. The summed E-state index contributed by atoms with van der Waals surface area (Å²) in [4.78, 5) is 7.71. The largest absolute Gasteiger partial charge is 0.492 e. The highest BCUT2D eigenvalue weighted by molar-refractivity contribution is 7.17. The molecule has 0 aliphatic carbocycles. The number of hydrogen-bond acceptors (Lipinski definition) is 8. The smallest absolute Gasteiger partial charge is 0.230 e. The van der Waals surface area contributed by atoms with Crippen LogP contribution in [0.2, 0.25) is 0 Å². The number of furan rings is 1. The maximum absolute atomic E-state index is 10.7. The number of aryl methyl sites for hydroxylation is 1. The van der Waals surface area contributed by atoms with E-state index >= 15 is 0 Å². The third-order valence-electron chi connectivity index (χ3n) is 3.95. The Morgan fingerprint density at radius 1 is 1.28 bits per heavy atom. The molecule has 8 nitrogen and oxygen atoms in total. The summed E-state index contributed by atoms with van der Waals surface area (Å²) in [5.41, 5.74) is 0. The summed E-state index contributed by atoms with van der Waals surface area (Å²) in [5, 5.41) is 14.7. The molecule has 1 atom stereocenters. The first-order valence-corrected chi connectivity index (χ1v) is 8.77. The zero-order chi connectivity index (χ0) is 17.8. The number of fused-ring (bicyclic) bond motifs is 1. The lowest BCUT2D eigenvalue weighted by molar-refractivity contribution is 0.0912. The summed E-state index contributed by atoms with van der Waals surface area (Å²) in [5.74, 6) is 1.65. The second-order valence-electron chi connectivity index (χ2n) is 5.62. The Labute approximate surface area is 149 Å². The lowest BCUT2D eigenvalue weighted by Gasteiger charge is -2.29. The quantitative estimate of drug-likeness (QED) is 0.620. The van der Waals surface area contributed by atoms with Crippen LogP contribution in [0.15, 0.2) is 22.9 Å². The molecular weight excluding hydrogens is 344 g/mol. The van der Waals surface area contributed by atoms with Crippen LogP contribution in [-0.4, -0.2) is 65.1 Å². The van der Waals surface area contributed by atoms with Crippen molar-refractivity contribution < 1.29 is 19.0 Å². The van der Waals surface area contributed by atoms with E-state index in [9.17, 15) is 5.11 Å². The number of ether oxygens (including phenoxy) is 2. The van der Waals surface area contributed by atoms with E-state index in [1.54, 1.807) is 14.2 Å². The van der Waals surface area contributed by atoms with Crippen molar-refractivity contribution in [2.45, 2.75) is 13.0 Å². The minimum Gasteiger partial charge on any atom is -0.492 e. The first kappa shape index (κ1) is 17.9. The third kappa shape index (κ3) is 3.69. The molecule has 0 bridgehead atoms. The van der Waals surface area contributed by atoms with E-state index in [0.29, 0.717) is 31.3 Å². The highest BCUT2D eigenvalue weighted by Gasteiger charge is 2.31. The topological polar surface area (TPSA) is 85.3 Å². The van der Waals surface area contributed by atoms with Gasteiger partial charge in [0.1, 0.15) is 23.9 Å². The molecule has 9 heteroatoms. The minimum absolute atomic E-state index is 0.0800. The Morgan fingerprint density at radius 3 is 2.56 bits per heavy atom. The molecule has 3 rings (SSSR count). The van der Waals surface area contributed by atoms with Crippen molar-refractivity contribution in [2.75, 3.05) is 40.5 Å². The molecule has 0 fully saturated rings. The molecule has 1 N–H and O–H groups in total. The van der Waals surface area contributed by atoms with Crippen molar-refractivity contribution in [2.24, 2.45) is 0 Å².